The lowest BCUT2D eigenvalue weighted by molar-refractivity contribution is -0.136. The predicted molar refractivity (Wildman–Crippen MR) is 213 cm³/mol. The number of likely N-dealkylation sites (tertiary alicyclic amines) is 1. The molecule has 2 atom stereocenters. The van der Waals surface area contributed by atoms with E-state index in [9.17, 15) is 23.6 Å². The molecule has 0 saturated carbocycles. The zero-order valence-corrected chi connectivity index (χ0v) is 32.0. The van der Waals surface area contributed by atoms with E-state index in [1.165, 1.54) is 6.07 Å². The van der Waals surface area contributed by atoms with Crippen LogP contribution in [0.5, 0.6) is 0 Å². The van der Waals surface area contributed by atoms with Gasteiger partial charge in [0.2, 0.25) is 11.8 Å². The van der Waals surface area contributed by atoms with Gasteiger partial charge in [0.05, 0.1) is 29.1 Å². The van der Waals surface area contributed by atoms with Crippen LogP contribution in [0.3, 0.4) is 0 Å². The van der Waals surface area contributed by atoms with E-state index in [0.29, 0.717) is 11.1 Å². The number of carbonyl (C=O) groups excluding carboxylic acids is 4. The van der Waals surface area contributed by atoms with Crippen molar-refractivity contribution in [2.75, 3.05) is 68.7 Å². The lowest BCUT2D eigenvalue weighted by Crippen LogP contribution is -2.54. The van der Waals surface area contributed by atoms with Gasteiger partial charge in [-0.25, -0.2) is 18.9 Å². The van der Waals surface area contributed by atoms with Gasteiger partial charge in [0.15, 0.2) is 5.65 Å². The van der Waals surface area contributed by atoms with Gasteiger partial charge >= 0.3 is 0 Å². The highest BCUT2D eigenvalue weighted by atomic mass is 19.1. The van der Waals surface area contributed by atoms with Crippen molar-refractivity contribution in [3.8, 4) is 11.4 Å². The Balaban J connectivity index is 0.731. The van der Waals surface area contributed by atoms with Gasteiger partial charge in [-0.2, -0.15) is 0 Å². The van der Waals surface area contributed by atoms with E-state index in [1.54, 1.807) is 18.2 Å². The maximum atomic E-state index is 14.1. The smallest absolute Gasteiger partial charge is 0.262 e. The Labute approximate surface area is 334 Å². The zero-order chi connectivity index (χ0) is 39.5. The molecule has 5 aromatic rings. The van der Waals surface area contributed by atoms with E-state index in [2.05, 4.69) is 36.0 Å². The largest absolute Gasteiger partial charge is 0.354 e. The summed E-state index contributed by atoms with van der Waals surface area (Å²) >= 11 is 0. The third-order valence-electron chi connectivity index (χ3n) is 12.4. The van der Waals surface area contributed by atoms with Crippen LogP contribution in [-0.2, 0) is 9.59 Å². The molecule has 4 saturated heterocycles. The minimum absolute atomic E-state index is 0.0658. The van der Waals surface area contributed by atoms with Crippen molar-refractivity contribution in [3.05, 3.63) is 107 Å². The first kappa shape index (κ1) is 36.3. The van der Waals surface area contributed by atoms with Crippen molar-refractivity contribution in [3.63, 3.8) is 0 Å². The molecule has 0 spiro atoms. The van der Waals surface area contributed by atoms with Crippen LogP contribution in [0.1, 0.15) is 69.5 Å². The third-order valence-corrected chi connectivity index (χ3v) is 12.4. The molecule has 8 heterocycles. The summed E-state index contributed by atoms with van der Waals surface area (Å²) in [6, 6.07) is 21.5. The fraction of sp³-hybridized carbons (Fsp3) is 0.372. The van der Waals surface area contributed by atoms with Crippen LogP contribution in [0.25, 0.3) is 17.0 Å². The highest BCUT2D eigenvalue weighted by Gasteiger charge is 2.45. The van der Waals surface area contributed by atoms with Crippen LogP contribution >= 0.6 is 0 Å². The molecule has 14 nitrogen and oxygen atoms in total. The first-order chi connectivity index (χ1) is 28.3. The topological polar surface area (TPSA) is 140 Å². The second-order valence-electron chi connectivity index (χ2n) is 15.9. The van der Waals surface area contributed by atoms with Crippen molar-refractivity contribution < 1.29 is 23.6 Å². The SMILES string of the molecule is O=C1CCC(N2C(=O)c3ccc(C4CN(CCN5CCN(c6cccc(-c7cnc8ccc(N9CCCC9c9cccc(F)c9)nn78)n6)CC5)C4)cc3C2=O)C(=O)N1. The lowest BCUT2D eigenvalue weighted by Gasteiger charge is -2.42. The number of pyridine rings is 1. The number of fused-ring (bicyclic) bond motifs is 2. The molecular weight excluding hydrogens is 740 g/mol. The maximum absolute atomic E-state index is 14.1. The van der Waals surface area contributed by atoms with Crippen molar-refractivity contribution in [1.82, 2.24) is 39.6 Å². The predicted octanol–water partition coefficient (Wildman–Crippen LogP) is 3.89. The van der Waals surface area contributed by atoms with Crippen molar-refractivity contribution in [2.24, 2.45) is 0 Å². The number of anilines is 2. The van der Waals surface area contributed by atoms with Gasteiger partial charge in [-0.1, -0.05) is 24.3 Å². The van der Waals surface area contributed by atoms with E-state index in [-0.39, 0.29) is 36.5 Å². The maximum Gasteiger partial charge on any atom is 0.262 e. The normalized spacial score (nSPS) is 21.9. The Morgan fingerprint density at radius 2 is 1.55 bits per heavy atom. The number of piperazine rings is 1. The number of aromatic nitrogens is 4. The minimum Gasteiger partial charge on any atom is -0.354 e. The van der Waals surface area contributed by atoms with E-state index < -0.39 is 23.8 Å². The van der Waals surface area contributed by atoms with Gasteiger partial charge in [-0.15, -0.1) is 5.10 Å². The molecule has 5 aliphatic heterocycles. The summed E-state index contributed by atoms with van der Waals surface area (Å²) in [5.74, 6) is -0.137. The molecule has 10 rings (SSSR count). The molecular formula is C43H43FN10O4. The number of carbonyl (C=O) groups is 4. The van der Waals surface area contributed by atoms with Gasteiger partial charge in [-0.05, 0) is 78.9 Å². The molecule has 2 unspecified atom stereocenters. The number of imidazole rings is 1. The lowest BCUT2D eigenvalue weighted by atomic mass is 9.89. The van der Waals surface area contributed by atoms with E-state index in [0.717, 1.165) is 116 Å². The highest BCUT2D eigenvalue weighted by molar-refractivity contribution is 6.23. The first-order valence-corrected chi connectivity index (χ1v) is 20.2. The molecule has 58 heavy (non-hydrogen) atoms. The average Bonchev–Trinajstić information content (AvgIpc) is 3.94. The molecule has 0 aliphatic carbocycles. The first-order valence-electron chi connectivity index (χ1n) is 20.2. The van der Waals surface area contributed by atoms with Crippen LogP contribution in [0, 0.1) is 5.82 Å². The van der Waals surface area contributed by atoms with Crippen LogP contribution in [0.2, 0.25) is 0 Å². The number of nitrogens with one attached hydrogen (secondary N) is 1. The minimum atomic E-state index is -0.962. The molecule has 3 aromatic heterocycles. The molecule has 0 radical (unpaired) electrons. The standard InChI is InChI=1S/C43H43FN10O4/c44-30-5-1-4-28(22-30)34-7-3-15-52(34)39-13-12-37-45-24-36(54(37)48-39)33-6-2-8-38(46-33)51-20-18-49(19-21-51)16-17-50-25-29(26-50)27-9-10-31-32(23-27)43(58)53(42(31)57)35-11-14-40(55)47-41(35)56/h1-2,4-6,8-10,12-13,22-24,29,34-35H,3,7,11,14-21,25-26H2,(H,47,55,56). The number of nitrogens with zero attached hydrogens (tertiary/aromatic N) is 9. The van der Waals surface area contributed by atoms with Crippen LogP contribution in [0.15, 0.2) is 79.0 Å². The van der Waals surface area contributed by atoms with Crippen LogP contribution in [-0.4, -0.2) is 123 Å². The monoisotopic (exact) mass is 782 g/mol. The van der Waals surface area contributed by atoms with Gasteiger partial charge in [0.1, 0.15) is 29.2 Å². The Kier molecular flexibility index (Phi) is 9.20. The Morgan fingerprint density at radius 1 is 0.741 bits per heavy atom. The van der Waals surface area contributed by atoms with Crippen LogP contribution in [0.4, 0.5) is 16.0 Å². The van der Waals surface area contributed by atoms with Gasteiger partial charge < -0.3 is 14.7 Å². The number of rotatable bonds is 9. The molecule has 15 heteroatoms. The number of piperidine rings is 1. The van der Waals surface area contributed by atoms with E-state index in [1.807, 2.05) is 53.2 Å². The summed E-state index contributed by atoms with van der Waals surface area (Å²) in [4.78, 5) is 70.7. The highest BCUT2D eigenvalue weighted by Crippen LogP contribution is 2.36. The number of halogens is 1. The Bertz CT molecular complexity index is 2460. The summed E-state index contributed by atoms with van der Waals surface area (Å²) in [7, 11) is 0. The fourth-order valence-electron chi connectivity index (χ4n) is 9.22. The van der Waals surface area contributed by atoms with Crippen molar-refractivity contribution in [1.29, 1.82) is 0 Å². The molecule has 5 aliphatic rings. The molecule has 2 aromatic carbocycles. The summed E-state index contributed by atoms with van der Waals surface area (Å²) in [5, 5.41) is 7.28. The second kappa shape index (κ2) is 14.7. The van der Waals surface area contributed by atoms with E-state index >= 15 is 0 Å². The van der Waals surface area contributed by atoms with Gasteiger partial charge in [0.25, 0.3) is 11.8 Å². The number of benzene rings is 2. The number of imide groups is 2. The van der Waals surface area contributed by atoms with Crippen LogP contribution < -0.4 is 15.1 Å². The van der Waals surface area contributed by atoms with Gasteiger partial charge in [-0.3, -0.25) is 34.3 Å². The average molecular weight is 783 g/mol. The molecule has 4 fully saturated rings. The second-order valence-corrected chi connectivity index (χ2v) is 15.9. The quantitative estimate of drug-likeness (QED) is 0.218. The summed E-state index contributed by atoms with van der Waals surface area (Å²) in [6.45, 7) is 8.08. The molecule has 0 bridgehead atoms. The molecule has 4 amide bonds. The van der Waals surface area contributed by atoms with Crippen molar-refractivity contribution >= 4 is 40.9 Å². The number of hydrogen-bond donors (Lipinski definition) is 1. The zero-order valence-electron chi connectivity index (χ0n) is 32.0. The van der Waals surface area contributed by atoms with E-state index in [4.69, 9.17) is 10.1 Å². The molecule has 296 valence electrons. The summed E-state index contributed by atoms with van der Waals surface area (Å²) < 4.78 is 16.0. The number of amides is 4. The Hall–Kier alpha value is -6.06. The summed E-state index contributed by atoms with van der Waals surface area (Å²) in [6.07, 6.45) is 4.02. The summed E-state index contributed by atoms with van der Waals surface area (Å²) in [5.41, 5.74) is 5.00. The van der Waals surface area contributed by atoms with Crippen molar-refractivity contribution in [2.45, 2.75) is 43.7 Å². The third kappa shape index (κ3) is 6.57. The molecule has 1 N–H and O–H groups in total. The number of hydrogen-bond acceptors (Lipinski definition) is 11. The fourth-order valence-corrected chi connectivity index (χ4v) is 9.22. The van der Waals surface area contributed by atoms with Gasteiger partial charge in [0, 0.05) is 71.2 Å². The Morgan fingerprint density at radius 3 is 2.38 bits per heavy atom.